The molecule has 2 aromatic rings. The van der Waals surface area contributed by atoms with Crippen LogP contribution in [0.2, 0.25) is 0 Å². The minimum absolute atomic E-state index is 0.163. The molecule has 0 aliphatic rings. The number of rotatable bonds is 6. The van der Waals surface area contributed by atoms with Crippen LogP contribution < -0.4 is 9.88 Å². The molecule has 0 spiro atoms. The lowest BCUT2D eigenvalue weighted by Crippen LogP contribution is -2.32. The zero-order valence-electron chi connectivity index (χ0n) is 12.5. The number of aromatic nitrogens is 1. The number of benzene rings is 1. The van der Waals surface area contributed by atoms with Gasteiger partial charge in [0.25, 0.3) is 5.91 Å². The maximum absolute atomic E-state index is 11.9. The van der Waals surface area contributed by atoms with E-state index < -0.39 is 0 Å². The van der Waals surface area contributed by atoms with Crippen molar-refractivity contribution in [2.24, 2.45) is 7.05 Å². The Labute approximate surface area is 129 Å². The Morgan fingerprint density at radius 1 is 1.14 bits per heavy atom. The lowest BCUT2D eigenvalue weighted by molar-refractivity contribution is -0.671. The van der Waals surface area contributed by atoms with Gasteiger partial charge in [0.2, 0.25) is 0 Å². The zero-order valence-corrected chi connectivity index (χ0v) is 12.5. The summed E-state index contributed by atoms with van der Waals surface area (Å²) in [5.41, 5.74) is 1.48. The van der Waals surface area contributed by atoms with Crippen molar-refractivity contribution in [2.45, 2.75) is 6.42 Å². The SMILES string of the molecule is C[n+]1cccc(C(=O)NCCOC(=O)Cc2ccccc2)c1. The molecular formula is C17H19N2O3+. The van der Waals surface area contributed by atoms with Crippen molar-refractivity contribution in [1.29, 1.82) is 0 Å². The van der Waals surface area contributed by atoms with Gasteiger partial charge in [-0.05, 0) is 11.6 Å². The first kappa shape index (κ1) is 15.7. The van der Waals surface area contributed by atoms with Crippen molar-refractivity contribution in [2.75, 3.05) is 13.2 Å². The highest BCUT2D eigenvalue weighted by Crippen LogP contribution is 2.00. The smallest absolute Gasteiger partial charge is 0.310 e. The van der Waals surface area contributed by atoms with E-state index in [0.29, 0.717) is 5.56 Å². The van der Waals surface area contributed by atoms with E-state index in [1.807, 2.05) is 43.6 Å². The number of carbonyl (C=O) groups is 2. The summed E-state index contributed by atoms with van der Waals surface area (Å²) < 4.78 is 6.90. The highest BCUT2D eigenvalue weighted by Gasteiger charge is 2.09. The van der Waals surface area contributed by atoms with Crippen LogP contribution >= 0.6 is 0 Å². The molecule has 5 nitrogen and oxygen atoms in total. The minimum Gasteiger partial charge on any atom is -0.464 e. The van der Waals surface area contributed by atoms with Gasteiger partial charge in [0.15, 0.2) is 12.4 Å². The van der Waals surface area contributed by atoms with Crippen molar-refractivity contribution in [1.82, 2.24) is 5.32 Å². The Balaban J connectivity index is 1.68. The van der Waals surface area contributed by atoms with Gasteiger partial charge in [-0.15, -0.1) is 0 Å². The van der Waals surface area contributed by atoms with E-state index in [-0.39, 0.29) is 31.4 Å². The molecule has 0 atom stereocenters. The van der Waals surface area contributed by atoms with E-state index in [9.17, 15) is 9.59 Å². The number of aryl methyl sites for hydroxylation is 1. The van der Waals surface area contributed by atoms with E-state index in [4.69, 9.17) is 4.74 Å². The summed E-state index contributed by atoms with van der Waals surface area (Å²) in [4.78, 5) is 23.5. The van der Waals surface area contributed by atoms with E-state index in [2.05, 4.69) is 5.32 Å². The van der Waals surface area contributed by atoms with Crippen LogP contribution in [0.1, 0.15) is 15.9 Å². The first-order valence-corrected chi connectivity index (χ1v) is 7.08. The summed E-state index contributed by atoms with van der Waals surface area (Å²) in [5.74, 6) is -0.484. The molecule has 0 aliphatic carbocycles. The number of hydrogen-bond acceptors (Lipinski definition) is 3. The first-order chi connectivity index (χ1) is 10.6. The van der Waals surface area contributed by atoms with Gasteiger partial charge in [-0.2, -0.15) is 0 Å². The topological polar surface area (TPSA) is 59.3 Å². The molecule has 114 valence electrons. The molecule has 0 bridgehead atoms. The van der Waals surface area contributed by atoms with Crippen LogP contribution in [0.25, 0.3) is 0 Å². The lowest BCUT2D eigenvalue weighted by Gasteiger charge is -2.06. The van der Waals surface area contributed by atoms with Gasteiger partial charge in [0.1, 0.15) is 19.2 Å². The predicted molar refractivity (Wildman–Crippen MR) is 81.1 cm³/mol. The summed E-state index contributed by atoms with van der Waals surface area (Å²) in [6, 6.07) is 12.9. The summed E-state index contributed by atoms with van der Waals surface area (Å²) in [7, 11) is 1.85. The quantitative estimate of drug-likeness (QED) is 0.492. The minimum atomic E-state index is -0.299. The van der Waals surface area contributed by atoms with Crippen LogP contribution in [-0.2, 0) is 23.0 Å². The average Bonchev–Trinajstić information content (AvgIpc) is 2.52. The van der Waals surface area contributed by atoms with Gasteiger partial charge < -0.3 is 10.1 Å². The Hall–Kier alpha value is -2.69. The van der Waals surface area contributed by atoms with E-state index in [1.54, 1.807) is 22.9 Å². The summed E-state index contributed by atoms with van der Waals surface area (Å²) >= 11 is 0. The fourth-order valence-corrected chi connectivity index (χ4v) is 1.97. The van der Waals surface area contributed by atoms with Crippen LogP contribution in [0.5, 0.6) is 0 Å². The van der Waals surface area contributed by atoms with Crippen molar-refractivity contribution in [3.63, 3.8) is 0 Å². The third-order valence-corrected chi connectivity index (χ3v) is 3.04. The average molecular weight is 299 g/mol. The van der Waals surface area contributed by atoms with E-state index in [1.165, 1.54) is 0 Å². The van der Waals surface area contributed by atoms with Crippen LogP contribution in [0.4, 0.5) is 0 Å². The van der Waals surface area contributed by atoms with Gasteiger partial charge >= 0.3 is 5.97 Å². The molecule has 0 saturated heterocycles. The normalized spacial score (nSPS) is 10.0. The Bertz CT molecular complexity index is 641. The monoisotopic (exact) mass is 299 g/mol. The number of nitrogens with zero attached hydrogens (tertiary/aromatic N) is 1. The Morgan fingerprint density at radius 2 is 1.91 bits per heavy atom. The second-order valence-corrected chi connectivity index (χ2v) is 4.90. The van der Waals surface area contributed by atoms with Crippen molar-refractivity contribution >= 4 is 11.9 Å². The molecular weight excluding hydrogens is 280 g/mol. The van der Waals surface area contributed by atoms with Gasteiger partial charge in [0.05, 0.1) is 13.0 Å². The van der Waals surface area contributed by atoms with Gasteiger partial charge in [-0.3, -0.25) is 9.59 Å². The highest BCUT2D eigenvalue weighted by molar-refractivity contribution is 5.93. The molecule has 1 N–H and O–H groups in total. The van der Waals surface area contributed by atoms with E-state index in [0.717, 1.165) is 5.56 Å². The molecule has 1 aromatic carbocycles. The van der Waals surface area contributed by atoms with Crippen molar-refractivity contribution in [3.8, 4) is 0 Å². The maximum Gasteiger partial charge on any atom is 0.310 e. The number of ether oxygens (including phenoxy) is 1. The lowest BCUT2D eigenvalue weighted by atomic mass is 10.2. The predicted octanol–water partition coefficient (Wildman–Crippen LogP) is 1.03. The van der Waals surface area contributed by atoms with Gasteiger partial charge in [-0.1, -0.05) is 30.3 Å². The fourth-order valence-electron chi connectivity index (χ4n) is 1.97. The summed E-state index contributed by atoms with van der Waals surface area (Å²) in [5, 5.41) is 2.72. The molecule has 0 aliphatic heterocycles. The second-order valence-electron chi connectivity index (χ2n) is 4.90. The molecule has 0 saturated carbocycles. The molecule has 0 fully saturated rings. The van der Waals surface area contributed by atoms with Crippen molar-refractivity contribution in [3.05, 3.63) is 66.0 Å². The van der Waals surface area contributed by atoms with Gasteiger partial charge in [-0.25, -0.2) is 4.57 Å². The van der Waals surface area contributed by atoms with Gasteiger partial charge in [0, 0.05) is 6.07 Å². The molecule has 0 unspecified atom stereocenters. The number of nitrogens with one attached hydrogen (secondary N) is 1. The molecule has 5 heteroatoms. The number of amides is 1. The van der Waals surface area contributed by atoms with Crippen LogP contribution in [0.3, 0.4) is 0 Å². The third-order valence-electron chi connectivity index (χ3n) is 3.04. The first-order valence-electron chi connectivity index (χ1n) is 7.08. The summed E-state index contributed by atoms with van der Waals surface area (Å²) in [6.07, 6.45) is 3.82. The number of carbonyl (C=O) groups excluding carboxylic acids is 2. The van der Waals surface area contributed by atoms with E-state index >= 15 is 0 Å². The molecule has 1 aromatic heterocycles. The second kappa shape index (κ2) is 7.93. The number of hydrogen-bond donors (Lipinski definition) is 1. The molecule has 0 radical (unpaired) electrons. The molecule has 1 amide bonds. The molecule has 2 rings (SSSR count). The van der Waals surface area contributed by atoms with Crippen LogP contribution in [0.15, 0.2) is 54.9 Å². The number of pyridine rings is 1. The van der Waals surface area contributed by atoms with Crippen LogP contribution in [0, 0.1) is 0 Å². The Morgan fingerprint density at radius 3 is 2.64 bits per heavy atom. The highest BCUT2D eigenvalue weighted by atomic mass is 16.5. The zero-order chi connectivity index (χ0) is 15.8. The largest absolute Gasteiger partial charge is 0.464 e. The van der Waals surface area contributed by atoms with Crippen LogP contribution in [-0.4, -0.2) is 25.0 Å². The fraction of sp³-hybridized carbons (Fsp3) is 0.235. The third kappa shape index (κ3) is 5.01. The molecule has 1 heterocycles. The molecule has 22 heavy (non-hydrogen) atoms. The maximum atomic E-state index is 11.9. The van der Waals surface area contributed by atoms with Crippen molar-refractivity contribution < 1.29 is 18.9 Å². The summed E-state index contributed by atoms with van der Waals surface area (Å²) in [6.45, 7) is 0.453. The number of esters is 1. The Kier molecular flexibility index (Phi) is 5.65. The standard InChI is InChI=1S/C17H18N2O3/c1-19-10-5-8-15(13-19)17(21)18-9-11-22-16(20)12-14-6-3-2-4-7-14/h2-8,10,13H,9,11-12H2,1H3/p+1.